The Morgan fingerprint density at radius 3 is 2.67 bits per heavy atom. The van der Waals surface area contributed by atoms with Crippen molar-refractivity contribution < 1.29 is 38.4 Å². The molecule has 7 aliphatic rings. The quantitative estimate of drug-likeness (QED) is 0.514. The van der Waals surface area contributed by atoms with E-state index in [1.165, 1.54) is 6.92 Å². The van der Waals surface area contributed by atoms with E-state index in [9.17, 15) is 14.7 Å². The lowest BCUT2D eigenvalue weighted by Crippen LogP contribution is -2.72. The second-order valence-corrected chi connectivity index (χ2v) is 10.6. The van der Waals surface area contributed by atoms with Crippen LogP contribution in [0.1, 0.15) is 40.5 Å². The number of aliphatic hydroxyl groups excluding tert-OH is 1. The number of aliphatic hydroxyl groups is 1. The third-order valence-corrected chi connectivity index (χ3v) is 9.35. The second kappa shape index (κ2) is 4.80. The van der Waals surface area contributed by atoms with Crippen LogP contribution in [0, 0.1) is 17.3 Å². The van der Waals surface area contributed by atoms with Crippen LogP contribution in [0.25, 0.3) is 0 Å². The number of carbonyl (C=O) groups excluding carboxylic acids is 2. The van der Waals surface area contributed by atoms with Crippen molar-refractivity contribution in [1.82, 2.24) is 0 Å². The predicted molar refractivity (Wildman–Crippen MR) is 98.0 cm³/mol. The van der Waals surface area contributed by atoms with Gasteiger partial charge in [-0.3, -0.25) is 4.79 Å². The number of hydrogen-bond acceptors (Lipinski definition) is 8. The fourth-order valence-corrected chi connectivity index (χ4v) is 8.10. The number of fused-ring (bicyclic) bond motifs is 4. The molecule has 2 saturated carbocycles. The predicted octanol–water partition coefficient (Wildman–Crippen LogP) is 0.645. The minimum Gasteiger partial charge on any atom is -0.458 e. The summed E-state index contributed by atoms with van der Waals surface area (Å²) in [5.74, 6) is -0.860. The molecule has 3 saturated heterocycles. The van der Waals surface area contributed by atoms with Gasteiger partial charge in [0, 0.05) is 23.8 Å². The van der Waals surface area contributed by atoms with Crippen molar-refractivity contribution in [3.8, 4) is 0 Å². The zero-order valence-electron chi connectivity index (χ0n) is 17.5. The summed E-state index contributed by atoms with van der Waals surface area (Å²) in [4.78, 5) is 24.3. The minimum absolute atomic E-state index is 0.0949. The number of carbonyl (C=O) groups is 2. The Kier molecular flexibility index (Phi) is 2.90. The standard InChI is InChI=1S/C22H26O8/c1-8(2)20-15(28-20)16-22(30-16)19(4)6-5-10-11(7-26-17(10)25)12(19)13(24)14-21(22,29-14)18(20)27-9(3)23/h8,12-16,18,24H,5-7H2,1-4H3/t12-,13-,14+,15+,16+,18-,19+,20+,21-,22-/m1/s1. The Labute approximate surface area is 173 Å². The first-order valence-electron chi connectivity index (χ1n) is 10.9. The molecule has 1 N–H and O–H groups in total. The Morgan fingerprint density at radius 2 is 1.97 bits per heavy atom. The molecule has 3 aliphatic carbocycles. The van der Waals surface area contributed by atoms with Gasteiger partial charge in [0.25, 0.3) is 0 Å². The number of epoxide rings is 3. The molecule has 30 heavy (non-hydrogen) atoms. The molecule has 8 heteroatoms. The van der Waals surface area contributed by atoms with Crippen LogP contribution in [-0.4, -0.2) is 71.0 Å². The molecule has 4 aliphatic heterocycles. The van der Waals surface area contributed by atoms with Crippen molar-refractivity contribution in [3.05, 3.63) is 11.1 Å². The maximum atomic E-state index is 12.2. The summed E-state index contributed by atoms with van der Waals surface area (Å²) >= 11 is 0. The zero-order valence-corrected chi connectivity index (χ0v) is 17.5. The summed E-state index contributed by atoms with van der Waals surface area (Å²) in [6.45, 7) is 7.86. The van der Waals surface area contributed by atoms with Gasteiger partial charge in [0.2, 0.25) is 0 Å². The maximum absolute atomic E-state index is 12.2. The largest absolute Gasteiger partial charge is 0.458 e. The first-order chi connectivity index (χ1) is 14.2. The SMILES string of the molecule is CC(=O)O[C@@H]1[C@@]2(C(C)C)O[C@H]2[C@@H]2O[C@]23[C@]12O[C@H]2[C@H](O)[C@H]1C2=C(CC[C@@]13C)C(=O)OC2. The van der Waals surface area contributed by atoms with Gasteiger partial charge >= 0.3 is 11.9 Å². The molecule has 10 atom stereocenters. The van der Waals surface area contributed by atoms with Crippen molar-refractivity contribution in [3.63, 3.8) is 0 Å². The van der Waals surface area contributed by atoms with E-state index in [0.29, 0.717) is 18.4 Å². The lowest BCUT2D eigenvalue weighted by atomic mass is 9.46. The van der Waals surface area contributed by atoms with Gasteiger partial charge in [-0.1, -0.05) is 20.8 Å². The van der Waals surface area contributed by atoms with Gasteiger partial charge in [-0.25, -0.2) is 4.79 Å². The topological polar surface area (TPSA) is 110 Å². The number of esters is 2. The smallest absolute Gasteiger partial charge is 0.334 e. The summed E-state index contributed by atoms with van der Waals surface area (Å²) in [7, 11) is 0. The lowest BCUT2D eigenvalue weighted by molar-refractivity contribution is -0.170. The molecule has 7 rings (SSSR count). The molecule has 0 aromatic heterocycles. The first-order valence-corrected chi connectivity index (χ1v) is 10.9. The van der Waals surface area contributed by atoms with E-state index in [0.717, 1.165) is 5.57 Å². The van der Waals surface area contributed by atoms with Gasteiger partial charge < -0.3 is 28.8 Å². The van der Waals surface area contributed by atoms with Crippen molar-refractivity contribution in [2.75, 3.05) is 6.61 Å². The number of ether oxygens (including phenoxy) is 5. The molecule has 0 unspecified atom stereocenters. The van der Waals surface area contributed by atoms with E-state index in [2.05, 4.69) is 20.8 Å². The minimum atomic E-state index is -0.924. The van der Waals surface area contributed by atoms with Crippen LogP contribution in [-0.2, 0) is 33.3 Å². The normalized spacial score (nSPS) is 58.5. The van der Waals surface area contributed by atoms with Gasteiger partial charge in [0.1, 0.15) is 36.1 Å². The van der Waals surface area contributed by atoms with E-state index in [1.54, 1.807) is 0 Å². The molecule has 2 spiro atoms. The highest BCUT2D eigenvalue weighted by Gasteiger charge is 3.02. The summed E-state index contributed by atoms with van der Waals surface area (Å²) in [5.41, 5.74) is -1.19. The summed E-state index contributed by atoms with van der Waals surface area (Å²) in [6, 6.07) is 0. The number of cyclic esters (lactones) is 1. The van der Waals surface area contributed by atoms with Gasteiger partial charge in [-0.05, 0) is 24.3 Å². The monoisotopic (exact) mass is 418 g/mol. The molecule has 162 valence electrons. The van der Waals surface area contributed by atoms with Crippen LogP contribution < -0.4 is 0 Å². The fraction of sp³-hybridized carbons (Fsp3) is 0.818. The van der Waals surface area contributed by atoms with E-state index >= 15 is 0 Å². The van der Waals surface area contributed by atoms with Crippen LogP contribution in [0.15, 0.2) is 11.1 Å². The molecule has 0 aromatic carbocycles. The van der Waals surface area contributed by atoms with Crippen LogP contribution in [0.2, 0.25) is 0 Å². The number of rotatable bonds is 2. The molecule has 0 aromatic rings. The van der Waals surface area contributed by atoms with Crippen molar-refractivity contribution >= 4 is 11.9 Å². The van der Waals surface area contributed by atoms with Crippen molar-refractivity contribution in [1.29, 1.82) is 0 Å². The van der Waals surface area contributed by atoms with E-state index in [-0.39, 0.29) is 36.6 Å². The van der Waals surface area contributed by atoms with Crippen LogP contribution in [0.3, 0.4) is 0 Å². The lowest BCUT2D eigenvalue weighted by Gasteiger charge is -2.55. The van der Waals surface area contributed by atoms with Crippen LogP contribution in [0.4, 0.5) is 0 Å². The molecular weight excluding hydrogens is 392 g/mol. The Morgan fingerprint density at radius 1 is 1.20 bits per heavy atom. The van der Waals surface area contributed by atoms with Crippen LogP contribution in [0.5, 0.6) is 0 Å². The van der Waals surface area contributed by atoms with E-state index < -0.39 is 46.5 Å². The molecular formula is C22H26O8. The highest BCUT2D eigenvalue weighted by Crippen LogP contribution is 2.83. The summed E-state index contributed by atoms with van der Waals surface area (Å²) < 4.78 is 30.4. The molecule has 0 radical (unpaired) electrons. The molecule has 5 fully saturated rings. The highest BCUT2D eigenvalue weighted by atomic mass is 16.8. The van der Waals surface area contributed by atoms with Crippen LogP contribution >= 0.6 is 0 Å². The fourth-order valence-electron chi connectivity index (χ4n) is 8.10. The summed E-state index contributed by atoms with van der Waals surface area (Å²) in [6.07, 6.45) is -1.08. The van der Waals surface area contributed by atoms with Gasteiger partial charge in [0.05, 0.1) is 6.10 Å². The molecule has 8 nitrogen and oxygen atoms in total. The molecule has 0 amide bonds. The zero-order chi connectivity index (χ0) is 21.0. The molecule has 4 heterocycles. The maximum Gasteiger partial charge on any atom is 0.334 e. The van der Waals surface area contributed by atoms with Gasteiger partial charge in [-0.2, -0.15) is 0 Å². The van der Waals surface area contributed by atoms with Gasteiger partial charge in [-0.15, -0.1) is 0 Å². The summed E-state index contributed by atoms with van der Waals surface area (Å²) in [5, 5.41) is 11.5. The van der Waals surface area contributed by atoms with Crippen molar-refractivity contribution in [2.24, 2.45) is 17.3 Å². The third kappa shape index (κ3) is 1.52. The average molecular weight is 418 g/mol. The highest BCUT2D eigenvalue weighted by molar-refractivity contribution is 5.92. The Hall–Kier alpha value is -1.48. The third-order valence-electron chi connectivity index (χ3n) is 9.35. The number of hydrogen-bond donors (Lipinski definition) is 1. The Balaban J connectivity index is 1.41. The van der Waals surface area contributed by atoms with E-state index in [1.807, 2.05) is 0 Å². The van der Waals surface area contributed by atoms with E-state index in [4.69, 9.17) is 23.7 Å². The first kappa shape index (κ1) is 18.1. The Bertz CT molecular complexity index is 957. The average Bonchev–Trinajstić information content (AvgIpc) is 3.55. The van der Waals surface area contributed by atoms with Gasteiger partial charge in [0.15, 0.2) is 11.7 Å². The molecule has 0 bridgehead atoms. The second-order valence-electron chi connectivity index (χ2n) is 10.6. The van der Waals surface area contributed by atoms with Crippen molar-refractivity contribution in [2.45, 2.75) is 87.9 Å².